The van der Waals surface area contributed by atoms with Gasteiger partial charge in [-0.1, -0.05) is 54.6 Å². The van der Waals surface area contributed by atoms with Gasteiger partial charge in [-0.05, 0) is 30.8 Å². The molecule has 2 aromatic carbocycles. The van der Waals surface area contributed by atoms with Crippen molar-refractivity contribution in [1.29, 1.82) is 0 Å². The first-order valence-electron chi connectivity index (χ1n) is 8.30. The van der Waals surface area contributed by atoms with Crippen molar-refractivity contribution >= 4 is 0 Å². The van der Waals surface area contributed by atoms with Crippen molar-refractivity contribution < 1.29 is 9.47 Å². The fourth-order valence-corrected chi connectivity index (χ4v) is 4.03. The first kappa shape index (κ1) is 14.9. The zero-order valence-corrected chi connectivity index (χ0v) is 13.7. The molecule has 1 fully saturated rings. The summed E-state index contributed by atoms with van der Waals surface area (Å²) in [5.41, 5.74) is 4.01. The topological polar surface area (TPSA) is 21.7 Å². The third-order valence-corrected chi connectivity index (χ3v) is 5.01. The van der Waals surface area contributed by atoms with Crippen molar-refractivity contribution in [1.82, 2.24) is 4.90 Å². The molecule has 3 heteroatoms. The van der Waals surface area contributed by atoms with Gasteiger partial charge in [-0.3, -0.25) is 0 Å². The van der Waals surface area contributed by atoms with Crippen LogP contribution >= 0.6 is 0 Å². The van der Waals surface area contributed by atoms with Gasteiger partial charge in [0, 0.05) is 18.4 Å². The lowest BCUT2D eigenvalue weighted by Crippen LogP contribution is -2.45. The molecule has 1 saturated heterocycles. The molecule has 0 radical (unpaired) electrons. The van der Waals surface area contributed by atoms with E-state index in [0.29, 0.717) is 0 Å². The van der Waals surface area contributed by atoms with Crippen LogP contribution in [0.5, 0.6) is 0 Å². The van der Waals surface area contributed by atoms with E-state index in [0.717, 1.165) is 13.0 Å². The quantitative estimate of drug-likeness (QED) is 0.865. The summed E-state index contributed by atoms with van der Waals surface area (Å²) in [6, 6.07) is 19.6. The Morgan fingerprint density at radius 3 is 2.52 bits per heavy atom. The minimum Gasteiger partial charge on any atom is -0.352 e. The summed E-state index contributed by atoms with van der Waals surface area (Å²) < 4.78 is 12.3. The Morgan fingerprint density at radius 2 is 1.74 bits per heavy atom. The molecule has 0 aromatic heterocycles. The number of fused-ring (bicyclic) bond motifs is 4. The van der Waals surface area contributed by atoms with Crippen LogP contribution in [0.4, 0.5) is 0 Å². The van der Waals surface area contributed by atoms with E-state index in [1.807, 2.05) is 0 Å². The van der Waals surface area contributed by atoms with Crippen LogP contribution in [0.3, 0.4) is 0 Å². The van der Waals surface area contributed by atoms with Gasteiger partial charge in [0.15, 0.2) is 6.29 Å². The highest BCUT2D eigenvalue weighted by molar-refractivity contribution is 5.33. The molecular formula is C20H23NO2. The molecule has 2 aliphatic rings. The zero-order valence-electron chi connectivity index (χ0n) is 13.7. The van der Waals surface area contributed by atoms with Crippen molar-refractivity contribution in [2.75, 3.05) is 20.7 Å². The Kier molecular flexibility index (Phi) is 3.93. The monoisotopic (exact) mass is 309 g/mol. The molecule has 2 bridgehead atoms. The Labute approximate surface area is 137 Å². The smallest absolute Gasteiger partial charge is 0.162 e. The summed E-state index contributed by atoms with van der Waals surface area (Å²) in [6.07, 6.45) is 0.869. The van der Waals surface area contributed by atoms with Gasteiger partial charge in [-0.2, -0.15) is 0 Å². The van der Waals surface area contributed by atoms with Gasteiger partial charge in [0.25, 0.3) is 0 Å². The van der Waals surface area contributed by atoms with Crippen LogP contribution in [-0.4, -0.2) is 31.9 Å². The third-order valence-electron chi connectivity index (χ3n) is 5.01. The summed E-state index contributed by atoms with van der Waals surface area (Å²) in [5.74, 6) is 0.282. The molecule has 23 heavy (non-hydrogen) atoms. The highest BCUT2D eigenvalue weighted by Crippen LogP contribution is 2.45. The molecule has 2 heterocycles. The van der Waals surface area contributed by atoms with Crippen LogP contribution in [0.15, 0.2) is 54.6 Å². The van der Waals surface area contributed by atoms with E-state index in [4.69, 9.17) is 9.47 Å². The second-order valence-electron chi connectivity index (χ2n) is 6.71. The lowest BCUT2D eigenvalue weighted by molar-refractivity contribution is -0.254. The first-order chi connectivity index (χ1) is 11.2. The third kappa shape index (κ3) is 2.69. The molecule has 0 aliphatic carbocycles. The van der Waals surface area contributed by atoms with Crippen LogP contribution in [0, 0.1) is 5.92 Å². The van der Waals surface area contributed by atoms with Crippen molar-refractivity contribution in [3.8, 4) is 0 Å². The van der Waals surface area contributed by atoms with E-state index >= 15 is 0 Å². The zero-order chi connectivity index (χ0) is 15.8. The number of ether oxygens (including phenoxy) is 2. The van der Waals surface area contributed by atoms with E-state index in [2.05, 4.69) is 73.6 Å². The van der Waals surface area contributed by atoms with E-state index in [-0.39, 0.29) is 24.4 Å². The lowest BCUT2D eigenvalue weighted by atomic mass is 9.81. The van der Waals surface area contributed by atoms with E-state index in [9.17, 15) is 0 Å². The minimum absolute atomic E-state index is 0.0928. The Balaban J connectivity index is 1.74. The van der Waals surface area contributed by atoms with Crippen molar-refractivity contribution in [3.63, 3.8) is 0 Å². The number of benzene rings is 2. The highest BCUT2D eigenvalue weighted by Gasteiger charge is 2.42. The molecule has 2 aliphatic heterocycles. The number of hydrogen-bond acceptors (Lipinski definition) is 3. The summed E-state index contributed by atoms with van der Waals surface area (Å²) in [4.78, 5) is 2.28. The molecule has 0 N–H and O–H groups in total. The van der Waals surface area contributed by atoms with Crippen molar-refractivity contribution in [2.24, 2.45) is 5.92 Å². The van der Waals surface area contributed by atoms with Crippen molar-refractivity contribution in [2.45, 2.75) is 24.9 Å². The van der Waals surface area contributed by atoms with Crippen LogP contribution in [0.1, 0.15) is 28.8 Å². The fourth-order valence-electron chi connectivity index (χ4n) is 4.03. The second-order valence-corrected chi connectivity index (χ2v) is 6.71. The van der Waals surface area contributed by atoms with Gasteiger partial charge >= 0.3 is 0 Å². The predicted octanol–water partition coefficient (Wildman–Crippen LogP) is 3.58. The molecule has 120 valence electrons. The number of nitrogens with zero attached hydrogens (tertiary/aromatic N) is 1. The summed E-state index contributed by atoms with van der Waals surface area (Å²) in [6.45, 7) is 0.738. The molecule has 2 aromatic rings. The van der Waals surface area contributed by atoms with Crippen LogP contribution < -0.4 is 0 Å². The van der Waals surface area contributed by atoms with Gasteiger partial charge in [-0.15, -0.1) is 0 Å². The largest absolute Gasteiger partial charge is 0.352 e. The van der Waals surface area contributed by atoms with Gasteiger partial charge in [0.1, 0.15) is 0 Å². The van der Waals surface area contributed by atoms with Gasteiger partial charge in [0.2, 0.25) is 0 Å². The normalized spacial score (nSPS) is 27.5. The maximum absolute atomic E-state index is 6.27. The summed E-state index contributed by atoms with van der Waals surface area (Å²) >= 11 is 0. The Hall–Kier alpha value is -1.68. The first-order valence-corrected chi connectivity index (χ1v) is 8.30. The molecule has 0 saturated carbocycles. The van der Waals surface area contributed by atoms with Gasteiger partial charge < -0.3 is 14.4 Å². The Bertz CT molecular complexity index is 670. The maximum atomic E-state index is 6.27. The fraction of sp³-hybridized carbons (Fsp3) is 0.400. The molecule has 3 nitrogen and oxygen atoms in total. The highest BCUT2D eigenvalue weighted by atomic mass is 16.7. The van der Waals surface area contributed by atoms with Gasteiger partial charge in [-0.25, -0.2) is 0 Å². The van der Waals surface area contributed by atoms with E-state index < -0.39 is 0 Å². The van der Waals surface area contributed by atoms with Crippen LogP contribution in [-0.2, 0) is 15.9 Å². The number of rotatable bonds is 3. The van der Waals surface area contributed by atoms with Crippen LogP contribution in [0.2, 0.25) is 0 Å². The summed E-state index contributed by atoms with van der Waals surface area (Å²) in [5, 5.41) is 0. The molecule has 0 unspecified atom stereocenters. The molecule has 4 atom stereocenters. The minimum atomic E-state index is -0.0928. The SMILES string of the molecule is CN(C)[C@@H](c1ccccc1)[C@@H]1CO[C@@H]2Cc3ccccc3[C@H]1O2. The predicted molar refractivity (Wildman–Crippen MR) is 90.1 cm³/mol. The standard InChI is InChI=1S/C20H23NO2/c1-21(2)19(14-8-4-3-5-9-14)17-13-22-18-12-15-10-6-7-11-16(15)20(17)23-18/h3-11,17-20H,12-13H2,1-2H3/t17-,18-,19-,20+/m0/s1. The van der Waals surface area contributed by atoms with E-state index in [1.165, 1.54) is 16.7 Å². The summed E-state index contributed by atoms with van der Waals surface area (Å²) in [7, 11) is 4.27. The van der Waals surface area contributed by atoms with Crippen LogP contribution in [0.25, 0.3) is 0 Å². The second kappa shape index (κ2) is 6.08. The average Bonchev–Trinajstić information content (AvgIpc) is 2.58. The molecular weight excluding hydrogens is 286 g/mol. The molecule has 4 rings (SSSR count). The lowest BCUT2D eigenvalue weighted by Gasteiger charge is -2.46. The number of hydrogen-bond donors (Lipinski definition) is 0. The van der Waals surface area contributed by atoms with Gasteiger partial charge in [0.05, 0.1) is 12.7 Å². The maximum Gasteiger partial charge on any atom is 0.162 e. The van der Waals surface area contributed by atoms with Crippen molar-refractivity contribution in [3.05, 3.63) is 71.3 Å². The molecule has 0 spiro atoms. The molecule has 0 amide bonds. The van der Waals surface area contributed by atoms with E-state index in [1.54, 1.807) is 0 Å². The Morgan fingerprint density at radius 1 is 1.00 bits per heavy atom. The average molecular weight is 309 g/mol.